The highest BCUT2D eigenvalue weighted by atomic mass is 15.2. The maximum absolute atomic E-state index is 4.72. The zero-order valence-corrected chi connectivity index (χ0v) is 13.7. The summed E-state index contributed by atoms with van der Waals surface area (Å²) in [4.78, 5) is 11.4. The summed E-state index contributed by atoms with van der Waals surface area (Å²) < 4.78 is 0. The summed E-state index contributed by atoms with van der Waals surface area (Å²) in [5.74, 6) is 1.59. The van der Waals surface area contributed by atoms with Crippen LogP contribution in [0.3, 0.4) is 0 Å². The Morgan fingerprint density at radius 3 is 2.67 bits per heavy atom. The van der Waals surface area contributed by atoms with Crippen LogP contribution in [-0.4, -0.2) is 16.5 Å². The van der Waals surface area contributed by atoms with Crippen molar-refractivity contribution >= 4 is 17.5 Å². The summed E-state index contributed by atoms with van der Waals surface area (Å²) in [6.45, 7) is 3.21. The normalized spacial score (nSPS) is 16.5. The molecular formula is C20H20N4. The van der Waals surface area contributed by atoms with Gasteiger partial charge in [0.25, 0.3) is 0 Å². The molecule has 0 spiro atoms. The van der Waals surface area contributed by atoms with E-state index in [-0.39, 0.29) is 0 Å². The third-order valence-corrected chi connectivity index (χ3v) is 4.56. The van der Waals surface area contributed by atoms with E-state index < -0.39 is 0 Å². The molecule has 0 fully saturated rings. The molecule has 1 N–H and O–H groups in total. The minimum atomic E-state index is 0.314. The van der Waals surface area contributed by atoms with Gasteiger partial charge in [-0.2, -0.15) is 4.98 Å². The third-order valence-electron chi connectivity index (χ3n) is 4.56. The monoisotopic (exact) mass is 316 g/mol. The maximum atomic E-state index is 4.72. The van der Waals surface area contributed by atoms with Crippen LogP contribution in [0.15, 0.2) is 66.9 Å². The second kappa shape index (κ2) is 6.32. The summed E-state index contributed by atoms with van der Waals surface area (Å²) in [6.07, 6.45) is 2.87. The number of hydrogen-bond acceptors (Lipinski definition) is 4. The topological polar surface area (TPSA) is 41.1 Å². The van der Waals surface area contributed by atoms with Crippen LogP contribution in [0.2, 0.25) is 0 Å². The van der Waals surface area contributed by atoms with Gasteiger partial charge in [0, 0.05) is 18.4 Å². The molecule has 0 saturated heterocycles. The van der Waals surface area contributed by atoms with Crippen LogP contribution in [0, 0.1) is 0 Å². The number of nitrogens with zero attached hydrogens (tertiary/aromatic N) is 3. The average molecular weight is 316 g/mol. The molecule has 1 aliphatic rings. The zero-order valence-electron chi connectivity index (χ0n) is 13.7. The smallest absolute Gasteiger partial charge is 0.229 e. The predicted octanol–water partition coefficient (Wildman–Crippen LogP) is 4.34. The molecule has 0 unspecified atom stereocenters. The van der Waals surface area contributed by atoms with Gasteiger partial charge in [0.05, 0.1) is 6.04 Å². The average Bonchev–Trinajstić information content (AvgIpc) is 2.63. The van der Waals surface area contributed by atoms with E-state index in [2.05, 4.69) is 46.4 Å². The van der Waals surface area contributed by atoms with Gasteiger partial charge in [0.2, 0.25) is 5.95 Å². The molecule has 4 nitrogen and oxygen atoms in total. The van der Waals surface area contributed by atoms with E-state index in [0.29, 0.717) is 12.0 Å². The lowest BCUT2D eigenvalue weighted by atomic mass is 9.94. The Balaban J connectivity index is 1.60. The molecule has 120 valence electrons. The summed E-state index contributed by atoms with van der Waals surface area (Å²) >= 11 is 0. The number of anilines is 3. The Bertz CT molecular complexity index is 832. The zero-order chi connectivity index (χ0) is 16.4. The van der Waals surface area contributed by atoms with Crippen molar-refractivity contribution in [3.8, 4) is 0 Å². The Morgan fingerprint density at radius 2 is 1.79 bits per heavy atom. The van der Waals surface area contributed by atoms with E-state index in [4.69, 9.17) is 4.98 Å². The van der Waals surface area contributed by atoms with Gasteiger partial charge in [-0.1, -0.05) is 42.5 Å². The van der Waals surface area contributed by atoms with E-state index in [1.54, 1.807) is 0 Å². The fourth-order valence-electron chi connectivity index (χ4n) is 3.30. The predicted molar refractivity (Wildman–Crippen MR) is 97.7 cm³/mol. The third kappa shape index (κ3) is 2.83. The van der Waals surface area contributed by atoms with E-state index in [1.807, 2.05) is 42.6 Å². The van der Waals surface area contributed by atoms with Gasteiger partial charge >= 0.3 is 0 Å². The highest BCUT2D eigenvalue weighted by Crippen LogP contribution is 2.32. The van der Waals surface area contributed by atoms with Crippen molar-refractivity contribution in [2.24, 2.45) is 0 Å². The molecule has 24 heavy (non-hydrogen) atoms. The van der Waals surface area contributed by atoms with Crippen LogP contribution in [0.4, 0.5) is 17.5 Å². The molecule has 0 saturated carbocycles. The molecule has 4 rings (SSSR count). The molecule has 4 heteroatoms. The lowest BCUT2D eigenvalue weighted by Crippen LogP contribution is -2.34. The molecule has 1 aromatic heterocycles. The molecule has 3 aromatic rings. The second-order valence-corrected chi connectivity index (χ2v) is 6.05. The van der Waals surface area contributed by atoms with E-state index >= 15 is 0 Å². The van der Waals surface area contributed by atoms with Crippen LogP contribution in [0.1, 0.15) is 24.1 Å². The van der Waals surface area contributed by atoms with Crippen molar-refractivity contribution < 1.29 is 0 Å². The van der Waals surface area contributed by atoms with Gasteiger partial charge in [0.15, 0.2) is 0 Å². The molecular weight excluding hydrogens is 296 g/mol. The molecule has 0 amide bonds. The summed E-state index contributed by atoms with van der Waals surface area (Å²) in [6, 6.07) is 21.0. The highest BCUT2D eigenvalue weighted by Gasteiger charge is 2.24. The van der Waals surface area contributed by atoms with Gasteiger partial charge in [-0.15, -0.1) is 0 Å². The number of benzene rings is 2. The van der Waals surface area contributed by atoms with E-state index in [9.17, 15) is 0 Å². The minimum Gasteiger partial charge on any atom is -0.349 e. The first-order chi connectivity index (χ1) is 11.8. The van der Waals surface area contributed by atoms with E-state index in [1.165, 1.54) is 11.1 Å². The number of fused-ring (bicyclic) bond motifs is 1. The van der Waals surface area contributed by atoms with Crippen molar-refractivity contribution in [2.45, 2.75) is 19.4 Å². The van der Waals surface area contributed by atoms with Crippen LogP contribution in [-0.2, 0) is 6.42 Å². The number of rotatable bonds is 3. The number of nitrogens with one attached hydrogen (secondary N) is 1. The molecule has 1 atom stereocenters. The Labute approximate surface area is 142 Å². The van der Waals surface area contributed by atoms with Crippen molar-refractivity contribution in [3.05, 3.63) is 78.0 Å². The lowest BCUT2D eigenvalue weighted by molar-refractivity contribution is 0.617. The summed E-state index contributed by atoms with van der Waals surface area (Å²) in [5.41, 5.74) is 3.82. The molecule has 0 bridgehead atoms. The number of hydrogen-bond donors (Lipinski definition) is 1. The van der Waals surface area contributed by atoms with Gasteiger partial charge in [-0.05, 0) is 42.7 Å². The fourth-order valence-corrected chi connectivity index (χ4v) is 3.30. The quantitative estimate of drug-likeness (QED) is 0.780. The molecule has 1 aliphatic heterocycles. The standard InChI is InChI=1S/C20H20N4/c1-15-18-10-6-5-7-16(18)12-14-24(15)19-11-13-21-20(23-19)22-17-8-3-2-4-9-17/h2-11,13,15H,12,14H2,1H3,(H,21,22,23)/t15-/m1/s1. The first-order valence-corrected chi connectivity index (χ1v) is 8.31. The summed E-state index contributed by atoms with van der Waals surface area (Å²) in [7, 11) is 0. The molecule has 0 radical (unpaired) electrons. The Hall–Kier alpha value is -2.88. The molecule has 0 aliphatic carbocycles. The Morgan fingerprint density at radius 1 is 1.00 bits per heavy atom. The van der Waals surface area contributed by atoms with Crippen molar-refractivity contribution in [3.63, 3.8) is 0 Å². The number of para-hydroxylation sites is 1. The minimum absolute atomic E-state index is 0.314. The van der Waals surface area contributed by atoms with Gasteiger partial charge in [-0.3, -0.25) is 0 Å². The van der Waals surface area contributed by atoms with Gasteiger partial charge in [0.1, 0.15) is 5.82 Å². The van der Waals surface area contributed by atoms with Gasteiger partial charge < -0.3 is 10.2 Å². The van der Waals surface area contributed by atoms with Gasteiger partial charge in [-0.25, -0.2) is 4.98 Å². The number of aromatic nitrogens is 2. The first kappa shape index (κ1) is 14.7. The van der Waals surface area contributed by atoms with Crippen molar-refractivity contribution in [1.82, 2.24) is 9.97 Å². The van der Waals surface area contributed by atoms with Crippen LogP contribution in [0.25, 0.3) is 0 Å². The fraction of sp³-hybridized carbons (Fsp3) is 0.200. The van der Waals surface area contributed by atoms with Crippen molar-refractivity contribution in [1.29, 1.82) is 0 Å². The lowest BCUT2D eigenvalue weighted by Gasteiger charge is -2.36. The van der Waals surface area contributed by atoms with Crippen LogP contribution >= 0.6 is 0 Å². The summed E-state index contributed by atoms with van der Waals surface area (Å²) in [5, 5.41) is 3.27. The Kier molecular flexibility index (Phi) is 3.87. The first-order valence-electron chi connectivity index (χ1n) is 8.31. The molecule has 2 heterocycles. The molecule has 2 aromatic carbocycles. The van der Waals surface area contributed by atoms with Crippen LogP contribution < -0.4 is 10.2 Å². The van der Waals surface area contributed by atoms with Crippen molar-refractivity contribution in [2.75, 3.05) is 16.8 Å². The SMILES string of the molecule is C[C@@H]1c2ccccc2CCN1c1ccnc(Nc2ccccc2)n1. The van der Waals surface area contributed by atoms with Crippen LogP contribution in [0.5, 0.6) is 0 Å². The largest absolute Gasteiger partial charge is 0.349 e. The van der Waals surface area contributed by atoms with E-state index in [0.717, 1.165) is 24.5 Å². The maximum Gasteiger partial charge on any atom is 0.229 e. The second-order valence-electron chi connectivity index (χ2n) is 6.05. The highest BCUT2D eigenvalue weighted by molar-refractivity contribution is 5.55.